The van der Waals surface area contributed by atoms with Gasteiger partial charge in [0, 0.05) is 0 Å². The van der Waals surface area contributed by atoms with Crippen LogP contribution in [0.3, 0.4) is 0 Å². The smallest absolute Gasteiger partial charge is 0.279 e. The molecule has 9 heteroatoms. The molecule has 0 radical (unpaired) electrons. The molecule has 0 bridgehead atoms. The zero-order valence-electron chi connectivity index (χ0n) is 11.1. The number of amides is 2. The standard InChI is InChI=1S/C13H10N6O2S/c14-11(20)10-6-15-13(22-10)16-12(21)9-7-19(18-17-9)8-4-2-1-3-5-8/h1-7H,(H2,14,20)(H,15,16,21). The number of anilines is 1. The number of aromatic nitrogens is 4. The van der Waals surface area contributed by atoms with E-state index in [9.17, 15) is 9.59 Å². The van der Waals surface area contributed by atoms with Gasteiger partial charge in [0.1, 0.15) is 4.88 Å². The van der Waals surface area contributed by atoms with Crippen LogP contribution in [0, 0.1) is 0 Å². The van der Waals surface area contributed by atoms with E-state index in [0.29, 0.717) is 0 Å². The van der Waals surface area contributed by atoms with Gasteiger partial charge < -0.3 is 5.73 Å². The van der Waals surface area contributed by atoms with Crippen molar-refractivity contribution < 1.29 is 9.59 Å². The highest BCUT2D eigenvalue weighted by Crippen LogP contribution is 2.18. The van der Waals surface area contributed by atoms with Crippen molar-refractivity contribution in [1.82, 2.24) is 20.0 Å². The number of carbonyl (C=O) groups is 2. The minimum atomic E-state index is -0.590. The average Bonchev–Trinajstić information content (AvgIpc) is 3.17. The summed E-state index contributed by atoms with van der Waals surface area (Å²) in [6.45, 7) is 0. The quantitative estimate of drug-likeness (QED) is 0.747. The van der Waals surface area contributed by atoms with E-state index in [1.54, 1.807) is 0 Å². The highest BCUT2D eigenvalue weighted by Gasteiger charge is 2.14. The predicted octanol–water partition coefficient (Wildman–Crippen LogP) is 1.07. The second-order valence-corrected chi connectivity index (χ2v) is 5.26. The van der Waals surface area contributed by atoms with Crippen LogP contribution in [0.1, 0.15) is 20.2 Å². The molecule has 2 amide bonds. The van der Waals surface area contributed by atoms with Gasteiger partial charge in [-0.2, -0.15) is 0 Å². The van der Waals surface area contributed by atoms with Crippen LogP contribution >= 0.6 is 11.3 Å². The molecule has 0 saturated heterocycles. The maximum absolute atomic E-state index is 12.1. The molecule has 2 aromatic heterocycles. The molecule has 0 spiro atoms. The molecular formula is C13H10N6O2S. The zero-order valence-corrected chi connectivity index (χ0v) is 11.9. The van der Waals surface area contributed by atoms with E-state index in [0.717, 1.165) is 17.0 Å². The van der Waals surface area contributed by atoms with E-state index in [4.69, 9.17) is 5.73 Å². The lowest BCUT2D eigenvalue weighted by molar-refractivity contribution is 0.1000. The first kappa shape index (κ1) is 13.9. The van der Waals surface area contributed by atoms with Gasteiger partial charge in [-0.15, -0.1) is 5.10 Å². The lowest BCUT2D eigenvalue weighted by atomic mass is 10.3. The number of para-hydroxylation sites is 1. The summed E-state index contributed by atoms with van der Waals surface area (Å²) in [6, 6.07) is 9.29. The number of rotatable bonds is 4. The van der Waals surface area contributed by atoms with Gasteiger partial charge in [0.2, 0.25) is 0 Å². The molecule has 3 N–H and O–H groups in total. The van der Waals surface area contributed by atoms with E-state index < -0.39 is 11.8 Å². The Morgan fingerprint density at radius 2 is 2.00 bits per heavy atom. The summed E-state index contributed by atoms with van der Waals surface area (Å²) in [5.74, 6) is -1.06. The van der Waals surface area contributed by atoms with Crippen molar-refractivity contribution in [1.29, 1.82) is 0 Å². The first-order valence-corrected chi connectivity index (χ1v) is 7.00. The van der Waals surface area contributed by atoms with Crippen LogP contribution in [0.4, 0.5) is 5.13 Å². The molecular weight excluding hydrogens is 304 g/mol. The summed E-state index contributed by atoms with van der Waals surface area (Å²) >= 11 is 0.995. The second-order valence-electron chi connectivity index (χ2n) is 4.23. The van der Waals surface area contributed by atoms with Gasteiger partial charge in [-0.05, 0) is 12.1 Å². The molecule has 110 valence electrons. The monoisotopic (exact) mass is 314 g/mol. The summed E-state index contributed by atoms with van der Waals surface area (Å²) < 4.78 is 1.49. The molecule has 0 aliphatic rings. The molecule has 0 fully saturated rings. The average molecular weight is 314 g/mol. The minimum Gasteiger partial charge on any atom is -0.365 e. The topological polar surface area (TPSA) is 116 Å². The number of carbonyl (C=O) groups excluding carboxylic acids is 2. The molecule has 0 unspecified atom stereocenters. The van der Waals surface area contributed by atoms with Crippen LogP contribution in [-0.2, 0) is 0 Å². The number of hydrogen-bond donors (Lipinski definition) is 2. The third kappa shape index (κ3) is 2.83. The van der Waals surface area contributed by atoms with Gasteiger partial charge in [-0.25, -0.2) is 9.67 Å². The second kappa shape index (κ2) is 5.74. The van der Waals surface area contributed by atoms with Gasteiger partial charge in [0.25, 0.3) is 11.8 Å². The Morgan fingerprint density at radius 3 is 2.68 bits per heavy atom. The van der Waals surface area contributed by atoms with Gasteiger partial charge in [-0.1, -0.05) is 34.7 Å². The number of nitrogens with two attached hydrogens (primary N) is 1. The Hall–Kier alpha value is -3.07. The molecule has 3 aromatic rings. The Morgan fingerprint density at radius 1 is 1.23 bits per heavy atom. The van der Waals surface area contributed by atoms with E-state index >= 15 is 0 Å². The van der Waals surface area contributed by atoms with Crippen molar-refractivity contribution in [3.8, 4) is 5.69 Å². The van der Waals surface area contributed by atoms with Crippen LogP contribution in [0.5, 0.6) is 0 Å². The number of benzene rings is 1. The Labute approximate surface area is 128 Å². The summed E-state index contributed by atoms with van der Waals surface area (Å²) in [6.07, 6.45) is 2.82. The molecule has 0 saturated carbocycles. The largest absolute Gasteiger partial charge is 0.365 e. The molecule has 22 heavy (non-hydrogen) atoms. The van der Waals surface area contributed by atoms with E-state index in [1.807, 2.05) is 30.3 Å². The molecule has 0 aliphatic carbocycles. The van der Waals surface area contributed by atoms with Gasteiger partial charge in [-0.3, -0.25) is 14.9 Å². The molecule has 0 aliphatic heterocycles. The predicted molar refractivity (Wildman–Crippen MR) is 79.9 cm³/mol. The van der Waals surface area contributed by atoms with Gasteiger partial charge in [0.15, 0.2) is 10.8 Å². The van der Waals surface area contributed by atoms with E-state index in [-0.39, 0.29) is 15.7 Å². The Kier molecular flexibility index (Phi) is 3.62. The maximum Gasteiger partial charge on any atom is 0.279 e. The molecule has 1 aromatic carbocycles. The minimum absolute atomic E-state index is 0.139. The molecule has 8 nitrogen and oxygen atoms in total. The van der Waals surface area contributed by atoms with Crippen LogP contribution in [0.25, 0.3) is 5.69 Å². The van der Waals surface area contributed by atoms with E-state index in [1.165, 1.54) is 17.1 Å². The van der Waals surface area contributed by atoms with Crippen LogP contribution in [-0.4, -0.2) is 31.8 Å². The summed E-state index contributed by atoms with van der Waals surface area (Å²) in [5.41, 5.74) is 6.06. The fraction of sp³-hybridized carbons (Fsp3) is 0. The fourth-order valence-corrected chi connectivity index (χ4v) is 2.35. The Balaban J connectivity index is 1.75. The molecule has 3 rings (SSSR count). The van der Waals surface area contributed by atoms with Crippen molar-refractivity contribution >= 4 is 28.3 Å². The van der Waals surface area contributed by atoms with Crippen molar-refractivity contribution in [2.75, 3.05) is 5.32 Å². The lowest BCUT2D eigenvalue weighted by Crippen LogP contribution is -2.12. The van der Waals surface area contributed by atoms with Crippen molar-refractivity contribution in [2.24, 2.45) is 5.73 Å². The van der Waals surface area contributed by atoms with Crippen molar-refractivity contribution in [3.63, 3.8) is 0 Å². The summed E-state index contributed by atoms with van der Waals surface area (Å²) in [5, 5.41) is 10.5. The molecule has 2 heterocycles. The number of nitrogens with one attached hydrogen (secondary N) is 1. The Bertz CT molecular complexity index is 826. The fourth-order valence-electron chi connectivity index (χ4n) is 1.68. The highest BCUT2D eigenvalue weighted by molar-refractivity contribution is 7.17. The third-order valence-corrected chi connectivity index (χ3v) is 3.64. The van der Waals surface area contributed by atoms with Crippen molar-refractivity contribution in [2.45, 2.75) is 0 Å². The van der Waals surface area contributed by atoms with Gasteiger partial charge in [0.05, 0.1) is 18.1 Å². The molecule has 0 atom stereocenters. The van der Waals surface area contributed by atoms with Crippen LogP contribution < -0.4 is 11.1 Å². The normalized spacial score (nSPS) is 10.4. The zero-order chi connectivity index (χ0) is 15.5. The van der Waals surface area contributed by atoms with Gasteiger partial charge >= 0.3 is 0 Å². The number of primary amides is 1. The highest BCUT2D eigenvalue weighted by atomic mass is 32.1. The first-order valence-electron chi connectivity index (χ1n) is 6.18. The van der Waals surface area contributed by atoms with Crippen molar-refractivity contribution in [3.05, 3.63) is 53.3 Å². The third-order valence-electron chi connectivity index (χ3n) is 2.72. The van der Waals surface area contributed by atoms with Crippen LogP contribution in [0.15, 0.2) is 42.7 Å². The summed E-state index contributed by atoms with van der Waals surface area (Å²) in [7, 11) is 0. The number of hydrogen-bond acceptors (Lipinski definition) is 6. The number of nitrogens with zero attached hydrogens (tertiary/aromatic N) is 4. The number of thiazole rings is 1. The van der Waals surface area contributed by atoms with E-state index in [2.05, 4.69) is 20.6 Å². The SMILES string of the molecule is NC(=O)c1cnc(NC(=O)c2cn(-c3ccccc3)nn2)s1. The first-order chi connectivity index (χ1) is 10.6. The lowest BCUT2D eigenvalue weighted by Gasteiger charge is -1.98. The van der Waals surface area contributed by atoms with Crippen LogP contribution in [0.2, 0.25) is 0 Å². The summed E-state index contributed by atoms with van der Waals surface area (Å²) in [4.78, 5) is 27.2. The maximum atomic E-state index is 12.1.